The molecule has 1 aromatic rings. The minimum absolute atomic E-state index is 0.131. The first-order valence-corrected chi connectivity index (χ1v) is 14.5. The maximum Gasteiger partial charge on any atom is 0.128 e. The lowest BCUT2D eigenvalue weighted by atomic mass is 9.90. The van der Waals surface area contributed by atoms with Gasteiger partial charge in [-0.05, 0) is 68.5 Å². The predicted molar refractivity (Wildman–Crippen MR) is 158 cm³/mol. The van der Waals surface area contributed by atoms with Crippen molar-refractivity contribution in [1.29, 1.82) is 0 Å². The van der Waals surface area contributed by atoms with Crippen LogP contribution >= 0.6 is 0 Å². The number of dihydropyridines is 1. The fraction of sp³-hybridized carbons (Fsp3) is 0.581. The molecule has 4 aliphatic rings. The van der Waals surface area contributed by atoms with Gasteiger partial charge < -0.3 is 30.2 Å². The molecule has 0 bridgehead atoms. The molecule has 3 aliphatic heterocycles. The molecule has 2 N–H and O–H groups in total. The Labute approximate surface area is 229 Å². The van der Waals surface area contributed by atoms with Gasteiger partial charge in [0.1, 0.15) is 5.82 Å². The van der Waals surface area contributed by atoms with Crippen LogP contribution in [-0.4, -0.2) is 86.1 Å². The average molecular weight is 518 g/mol. The van der Waals surface area contributed by atoms with Crippen molar-refractivity contribution in [2.75, 3.05) is 65.3 Å². The number of pyridine rings is 1. The lowest BCUT2D eigenvalue weighted by molar-refractivity contribution is 0.298. The number of likely N-dealkylation sites (tertiary alicyclic amines) is 1. The number of likely N-dealkylation sites (N-methyl/N-ethyl adjacent to an activating group) is 1. The van der Waals surface area contributed by atoms with Gasteiger partial charge in [-0.15, -0.1) is 0 Å². The summed E-state index contributed by atoms with van der Waals surface area (Å²) in [5.74, 6) is 1.88. The standard InChI is InChI=1S/C31H47N7/c1-7-24-12-13-38(21-24)30-19-28(34-29-18-26(35(5)6)9-10-27(29)30)25-8-11-31(33-20-25)37-16-14-36(15-17-37)23(3)22(2)32-4/h8,11,18-20,22,24,28,32,34H,3,7,9-10,12-17,21H2,1-2,4-6H3. The summed E-state index contributed by atoms with van der Waals surface area (Å²) in [5, 5.41) is 7.17. The zero-order chi connectivity index (χ0) is 26.8. The fourth-order valence-electron chi connectivity index (χ4n) is 6.22. The van der Waals surface area contributed by atoms with E-state index in [4.69, 9.17) is 4.98 Å². The summed E-state index contributed by atoms with van der Waals surface area (Å²) in [4.78, 5) is 14.6. The van der Waals surface area contributed by atoms with E-state index in [1.54, 1.807) is 0 Å². The van der Waals surface area contributed by atoms with Crippen molar-refractivity contribution in [2.24, 2.45) is 5.92 Å². The fourth-order valence-corrected chi connectivity index (χ4v) is 6.22. The number of nitrogens with one attached hydrogen (secondary N) is 2. The Balaban J connectivity index is 1.32. The van der Waals surface area contributed by atoms with E-state index in [0.717, 1.165) is 50.8 Å². The minimum atomic E-state index is 0.131. The van der Waals surface area contributed by atoms with Crippen LogP contribution in [0, 0.1) is 5.92 Å². The van der Waals surface area contributed by atoms with Gasteiger partial charge in [0.05, 0.1) is 6.04 Å². The lowest BCUT2D eigenvalue weighted by Gasteiger charge is -2.39. The van der Waals surface area contributed by atoms with E-state index in [1.165, 1.54) is 59.9 Å². The van der Waals surface area contributed by atoms with Crippen molar-refractivity contribution in [1.82, 2.24) is 30.3 Å². The molecule has 5 rings (SSSR count). The summed E-state index contributed by atoms with van der Waals surface area (Å²) < 4.78 is 0. The number of hydrogen-bond acceptors (Lipinski definition) is 7. The monoisotopic (exact) mass is 517 g/mol. The van der Waals surface area contributed by atoms with Crippen LogP contribution in [0.4, 0.5) is 5.82 Å². The number of hydrogen-bond donors (Lipinski definition) is 2. The lowest BCUT2D eigenvalue weighted by Crippen LogP contribution is -2.48. The molecule has 4 heterocycles. The van der Waals surface area contributed by atoms with Gasteiger partial charge in [-0.1, -0.05) is 26.0 Å². The van der Waals surface area contributed by atoms with E-state index in [1.807, 2.05) is 7.05 Å². The molecule has 206 valence electrons. The van der Waals surface area contributed by atoms with Gasteiger partial charge in [-0.3, -0.25) is 0 Å². The molecular formula is C31H47N7. The van der Waals surface area contributed by atoms with Crippen LogP contribution in [0.3, 0.4) is 0 Å². The van der Waals surface area contributed by atoms with Gasteiger partial charge >= 0.3 is 0 Å². The molecule has 1 aromatic heterocycles. The normalized spacial score (nSPS) is 24.5. The summed E-state index contributed by atoms with van der Waals surface area (Å²) in [6, 6.07) is 4.91. The van der Waals surface area contributed by atoms with E-state index < -0.39 is 0 Å². The SMILES string of the molecule is C=C(C(C)NC)N1CCN(c2ccc(C3C=C(N4CCC(CC)C4)C4=C(C=C(N(C)C)CC4)N3)cn2)CC1. The van der Waals surface area contributed by atoms with Gasteiger partial charge in [-0.2, -0.15) is 0 Å². The second-order valence-electron chi connectivity index (χ2n) is 11.5. The smallest absolute Gasteiger partial charge is 0.128 e. The van der Waals surface area contributed by atoms with Crippen molar-refractivity contribution in [3.05, 3.63) is 71.0 Å². The summed E-state index contributed by atoms with van der Waals surface area (Å²) >= 11 is 0. The van der Waals surface area contributed by atoms with Crippen LogP contribution in [0.25, 0.3) is 0 Å². The van der Waals surface area contributed by atoms with Gasteiger partial charge in [0.25, 0.3) is 0 Å². The quantitative estimate of drug-likeness (QED) is 0.539. The zero-order valence-electron chi connectivity index (χ0n) is 24.1. The minimum Gasteiger partial charge on any atom is -0.381 e. The van der Waals surface area contributed by atoms with Crippen LogP contribution in [-0.2, 0) is 0 Å². The van der Waals surface area contributed by atoms with E-state index in [0.29, 0.717) is 6.04 Å². The van der Waals surface area contributed by atoms with E-state index >= 15 is 0 Å². The van der Waals surface area contributed by atoms with Crippen LogP contribution in [0.5, 0.6) is 0 Å². The highest BCUT2D eigenvalue weighted by Crippen LogP contribution is 2.39. The van der Waals surface area contributed by atoms with Crippen LogP contribution in [0.1, 0.15) is 51.1 Å². The number of piperazine rings is 1. The maximum absolute atomic E-state index is 4.94. The second-order valence-corrected chi connectivity index (χ2v) is 11.5. The van der Waals surface area contributed by atoms with E-state index in [-0.39, 0.29) is 6.04 Å². The molecule has 7 heteroatoms. The zero-order valence-corrected chi connectivity index (χ0v) is 24.1. The van der Waals surface area contributed by atoms with Gasteiger partial charge in [0.2, 0.25) is 0 Å². The van der Waals surface area contributed by atoms with Gasteiger partial charge in [0, 0.05) is 88.4 Å². The largest absolute Gasteiger partial charge is 0.381 e. The number of allylic oxidation sites excluding steroid dienone is 3. The van der Waals surface area contributed by atoms with Gasteiger partial charge in [0.15, 0.2) is 0 Å². The molecule has 3 unspecified atom stereocenters. The van der Waals surface area contributed by atoms with Crippen LogP contribution < -0.4 is 15.5 Å². The molecule has 0 amide bonds. The summed E-state index contributed by atoms with van der Waals surface area (Å²) in [7, 11) is 6.30. The molecule has 3 atom stereocenters. The highest BCUT2D eigenvalue weighted by molar-refractivity contribution is 5.49. The molecule has 38 heavy (non-hydrogen) atoms. The van der Waals surface area contributed by atoms with Crippen molar-refractivity contribution in [3.8, 4) is 0 Å². The first-order valence-electron chi connectivity index (χ1n) is 14.5. The molecule has 0 radical (unpaired) electrons. The molecule has 2 saturated heterocycles. The molecular weight excluding hydrogens is 470 g/mol. The summed E-state index contributed by atoms with van der Waals surface area (Å²) in [6.45, 7) is 15.0. The van der Waals surface area contributed by atoms with Crippen molar-refractivity contribution in [3.63, 3.8) is 0 Å². The number of anilines is 1. The molecule has 0 aromatic carbocycles. The van der Waals surface area contributed by atoms with Crippen molar-refractivity contribution >= 4 is 5.82 Å². The molecule has 0 saturated carbocycles. The predicted octanol–water partition coefficient (Wildman–Crippen LogP) is 4.08. The average Bonchev–Trinajstić information content (AvgIpc) is 3.45. The topological polar surface area (TPSA) is 49.9 Å². The van der Waals surface area contributed by atoms with Crippen molar-refractivity contribution < 1.29 is 0 Å². The maximum atomic E-state index is 4.94. The Hall–Kier alpha value is -2.93. The summed E-state index contributed by atoms with van der Waals surface area (Å²) in [6.07, 6.45) is 11.7. The van der Waals surface area contributed by atoms with Crippen LogP contribution in [0.15, 0.2) is 65.4 Å². The van der Waals surface area contributed by atoms with E-state index in [2.05, 4.69) is 95.2 Å². The molecule has 0 spiro atoms. The molecule has 7 nitrogen and oxygen atoms in total. The highest BCUT2D eigenvalue weighted by atomic mass is 15.3. The third-order valence-corrected chi connectivity index (χ3v) is 9.06. The Bertz CT molecular complexity index is 1090. The van der Waals surface area contributed by atoms with Crippen LogP contribution in [0.2, 0.25) is 0 Å². The van der Waals surface area contributed by atoms with E-state index in [9.17, 15) is 0 Å². The number of rotatable bonds is 8. The first-order chi connectivity index (χ1) is 18.4. The second kappa shape index (κ2) is 11.4. The Morgan fingerprint density at radius 2 is 1.95 bits per heavy atom. The first kappa shape index (κ1) is 26.7. The third-order valence-electron chi connectivity index (χ3n) is 9.06. The Morgan fingerprint density at radius 1 is 1.16 bits per heavy atom. The molecule has 1 aliphatic carbocycles. The Kier molecular flexibility index (Phi) is 8.03. The third kappa shape index (κ3) is 5.44. The molecule has 2 fully saturated rings. The highest BCUT2D eigenvalue weighted by Gasteiger charge is 2.31. The number of nitrogens with zero attached hydrogens (tertiary/aromatic N) is 5. The Morgan fingerprint density at radius 3 is 2.58 bits per heavy atom. The number of aromatic nitrogens is 1. The summed E-state index contributed by atoms with van der Waals surface area (Å²) in [5.41, 5.74) is 8.02. The van der Waals surface area contributed by atoms with Gasteiger partial charge in [-0.25, -0.2) is 4.98 Å². The van der Waals surface area contributed by atoms with Crippen molar-refractivity contribution in [2.45, 2.75) is 51.6 Å².